The zero-order chi connectivity index (χ0) is 37.1. The Morgan fingerprint density at radius 3 is 2.16 bits per heavy atom. The Labute approximate surface area is 285 Å². The Balaban J connectivity index is 2.03. The summed E-state index contributed by atoms with van der Waals surface area (Å²) < 4.78 is 5.19. The van der Waals surface area contributed by atoms with Gasteiger partial charge in [0.2, 0.25) is 23.6 Å². The molecular formula is C30H39N9O11. The minimum absolute atomic E-state index is 0.0133. The molecule has 0 bridgehead atoms. The van der Waals surface area contributed by atoms with Crippen LogP contribution in [0.4, 0.5) is 4.79 Å². The number of likely N-dealkylation sites (N-methyl/N-ethyl adjacent to an activating group) is 1. The second kappa shape index (κ2) is 20.7. The fourth-order valence-corrected chi connectivity index (χ4v) is 4.16. The maximum Gasteiger partial charge on any atom is 0.410 e. The van der Waals surface area contributed by atoms with Crippen molar-refractivity contribution in [1.29, 1.82) is 0 Å². The molecule has 50 heavy (non-hydrogen) atoms. The van der Waals surface area contributed by atoms with Crippen LogP contribution in [0.25, 0.3) is 0 Å². The van der Waals surface area contributed by atoms with Crippen molar-refractivity contribution in [3.63, 3.8) is 0 Å². The molecule has 9 N–H and O–H groups in total. The molecule has 0 unspecified atom stereocenters. The molecule has 0 aromatic heterocycles. The normalized spacial score (nSPS) is 12.0. The third-order valence-electron chi connectivity index (χ3n) is 6.58. The standard InChI is InChI=1S/C30H39N9O11/c1-38(30(47)50-18-20-6-3-2-4-7-20)17-25(42)35-22(8-5-13-32-29(31)37-39(48)49)27(45)33-15-24(41)36-23(28(46)34-16-26(43)44)14-19-9-11-21(40)12-10-19/h2-4,6-7,9-12,22-23,40H,5,8,13-18H2,1H3,(H,33,45)(H,34,46)(H,35,42)(H,36,41)(H,43,44)(H3,31,32,37)/t22-,23-/m0/s1. The first-order chi connectivity index (χ1) is 23.7. The molecule has 270 valence electrons. The molecule has 0 fully saturated rings. The van der Waals surface area contributed by atoms with Gasteiger partial charge in [0.1, 0.15) is 42.6 Å². The number of phenolic OH excluding ortho intramolecular Hbond substituents is 1. The Bertz CT molecular complexity index is 1520. The first-order valence-corrected chi connectivity index (χ1v) is 15.0. The third kappa shape index (κ3) is 15.9. The molecule has 0 saturated heterocycles. The van der Waals surface area contributed by atoms with Crippen LogP contribution in [-0.2, 0) is 41.7 Å². The highest BCUT2D eigenvalue weighted by Gasteiger charge is 2.25. The number of guanidine groups is 1. The predicted octanol–water partition coefficient (Wildman–Crippen LogP) is -1.63. The number of carboxylic acid groups (broad SMARTS) is 1. The van der Waals surface area contributed by atoms with Crippen molar-refractivity contribution < 1.29 is 48.7 Å². The molecule has 0 aliphatic rings. The number of benzene rings is 2. The summed E-state index contributed by atoms with van der Waals surface area (Å²) in [6.07, 6.45) is -0.811. The summed E-state index contributed by atoms with van der Waals surface area (Å²) in [4.78, 5) is 86.2. The number of nitrogens with zero attached hydrogens (tertiary/aromatic N) is 3. The summed E-state index contributed by atoms with van der Waals surface area (Å²) in [5.41, 5.74) is 6.64. The molecule has 2 rings (SSSR count). The van der Waals surface area contributed by atoms with Gasteiger partial charge in [0.25, 0.3) is 5.96 Å². The van der Waals surface area contributed by atoms with Crippen LogP contribution in [-0.4, -0.2) is 107 Å². The van der Waals surface area contributed by atoms with Crippen molar-refractivity contribution in [2.24, 2.45) is 10.8 Å². The summed E-state index contributed by atoms with van der Waals surface area (Å²) in [7, 11) is 1.31. The minimum atomic E-state index is -1.31. The lowest BCUT2D eigenvalue weighted by atomic mass is 10.0. The molecule has 5 amide bonds. The molecule has 20 nitrogen and oxygen atoms in total. The molecule has 20 heteroatoms. The summed E-state index contributed by atoms with van der Waals surface area (Å²) in [6, 6.07) is 12.0. The first-order valence-electron chi connectivity index (χ1n) is 15.0. The SMILES string of the molecule is CN(CC(=O)N[C@@H](CCCN/C(N)=N/[N+](=O)[O-])C(=O)NCC(=O)N[C@@H](Cc1ccc(O)cc1)C(=O)NCC(=O)O)C(=O)OCc1ccccc1. The molecule has 0 aliphatic carbocycles. The van der Waals surface area contributed by atoms with Crippen molar-refractivity contribution in [1.82, 2.24) is 31.5 Å². The van der Waals surface area contributed by atoms with E-state index in [4.69, 9.17) is 15.6 Å². The van der Waals surface area contributed by atoms with Gasteiger partial charge in [0.05, 0.1) is 6.54 Å². The summed E-state index contributed by atoms with van der Waals surface area (Å²) >= 11 is 0. The van der Waals surface area contributed by atoms with Gasteiger partial charge >= 0.3 is 12.1 Å². The lowest BCUT2D eigenvalue weighted by molar-refractivity contribution is -0.485. The molecule has 0 radical (unpaired) electrons. The Hall–Kier alpha value is -6.47. The van der Waals surface area contributed by atoms with Crippen LogP contribution in [0.1, 0.15) is 24.0 Å². The molecule has 0 saturated carbocycles. The number of hydrogen-bond donors (Lipinski definition) is 8. The number of hydrazone groups is 1. The zero-order valence-corrected chi connectivity index (χ0v) is 27.0. The highest BCUT2D eigenvalue weighted by molar-refractivity contribution is 5.93. The number of hydrogen-bond acceptors (Lipinski definition) is 10. The number of nitro groups is 1. The number of amides is 5. The van der Waals surface area contributed by atoms with Gasteiger partial charge in [-0.3, -0.25) is 24.0 Å². The van der Waals surface area contributed by atoms with E-state index in [1.165, 1.54) is 31.3 Å². The number of carbonyl (C=O) groups is 6. The monoisotopic (exact) mass is 701 g/mol. The van der Waals surface area contributed by atoms with E-state index in [1.54, 1.807) is 30.3 Å². The molecular weight excluding hydrogens is 662 g/mol. The van der Waals surface area contributed by atoms with E-state index in [0.29, 0.717) is 5.56 Å². The number of nitrogens with two attached hydrogens (primary N) is 1. The zero-order valence-electron chi connectivity index (χ0n) is 27.0. The predicted molar refractivity (Wildman–Crippen MR) is 174 cm³/mol. The van der Waals surface area contributed by atoms with E-state index in [-0.39, 0.29) is 38.2 Å². The fraction of sp³-hybridized carbons (Fsp3) is 0.367. The number of rotatable bonds is 19. The first kappa shape index (κ1) is 39.7. The molecule has 0 spiro atoms. The van der Waals surface area contributed by atoms with Crippen LogP contribution < -0.4 is 32.3 Å². The van der Waals surface area contributed by atoms with Gasteiger partial charge in [-0.15, -0.1) is 0 Å². The highest BCUT2D eigenvalue weighted by Crippen LogP contribution is 2.11. The van der Waals surface area contributed by atoms with Gasteiger partial charge in [-0.1, -0.05) is 42.5 Å². The van der Waals surface area contributed by atoms with Crippen molar-refractivity contribution >= 4 is 41.7 Å². The number of carbonyl (C=O) groups excluding carboxylic acids is 5. The van der Waals surface area contributed by atoms with Gasteiger partial charge in [-0.25, -0.2) is 14.9 Å². The lowest BCUT2D eigenvalue weighted by Crippen LogP contribution is -2.54. The average Bonchev–Trinajstić information content (AvgIpc) is 3.07. The smallest absolute Gasteiger partial charge is 0.410 e. The van der Waals surface area contributed by atoms with Crippen molar-refractivity contribution in [2.45, 2.75) is 38.0 Å². The molecule has 2 aromatic carbocycles. The minimum Gasteiger partial charge on any atom is -0.508 e. The third-order valence-corrected chi connectivity index (χ3v) is 6.58. The van der Waals surface area contributed by atoms with Gasteiger partial charge in [0.15, 0.2) is 5.03 Å². The summed E-state index contributed by atoms with van der Waals surface area (Å²) in [5, 5.41) is 42.7. The number of aromatic hydroxyl groups is 1. The van der Waals surface area contributed by atoms with Crippen molar-refractivity contribution in [2.75, 3.05) is 33.2 Å². The van der Waals surface area contributed by atoms with Gasteiger partial charge in [0, 0.05) is 20.0 Å². The average molecular weight is 702 g/mol. The number of nitrogens with one attached hydrogen (secondary N) is 5. The number of ether oxygens (including phenoxy) is 1. The van der Waals surface area contributed by atoms with Crippen LogP contribution in [0.15, 0.2) is 59.7 Å². The van der Waals surface area contributed by atoms with E-state index in [2.05, 4.69) is 31.7 Å². The second-order valence-electron chi connectivity index (χ2n) is 10.6. The summed E-state index contributed by atoms with van der Waals surface area (Å²) in [5.74, 6) is -5.05. The van der Waals surface area contributed by atoms with E-state index in [1.807, 2.05) is 0 Å². The van der Waals surface area contributed by atoms with Gasteiger partial charge in [-0.2, -0.15) is 0 Å². The largest absolute Gasteiger partial charge is 0.508 e. The van der Waals surface area contributed by atoms with Crippen LogP contribution in [0, 0.1) is 10.1 Å². The second-order valence-corrected chi connectivity index (χ2v) is 10.6. The maximum absolute atomic E-state index is 13.1. The van der Waals surface area contributed by atoms with E-state index >= 15 is 0 Å². The van der Waals surface area contributed by atoms with Gasteiger partial charge in [-0.05, 0) is 36.1 Å². The van der Waals surface area contributed by atoms with Crippen LogP contribution >= 0.6 is 0 Å². The molecule has 0 heterocycles. The lowest BCUT2D eigenvalue weighted by Gasteiger charge is -2.22. The van der Waals surface area contributed by atoms with Gasteiger partial charge < -0.3 is 52.2 Å². The van der Waals surface area contributed by atoms with E-state index < -0.39 is 78.4 Å². The van der Waals surface area contributed by atoms with E-state index in [9.17, 15) is 44.0 Å². The van der Waals surface area contributed by atoms with Crippen molar-refractivity contribution in [3.05, 3.63) is 75.8 Å². The van der Waals surface area contributed by atoms with E-state index in [0.717, 1.165) is 10.5 Å². The molecule has 2 aromatic rings. The fourth-order valence-electron chi connectivity index (χ4n) is 4.16. The Morgan fingerprint density at radius 1 is 0.900 bits per heavy atom. The number of carboxylic acids is 1. The Kier molecular flexibility index (Phi) is 16.4. The highest BCUT2D eigenvalue weighted by atomic mass is 16.7. The molecule has 2 atom stereocenters. The number of phenols is 1. The van der Waals surface area contributed by atoms with Crippen LogP contribution in [0.3, 0.4) is 0 Å². The molecule has 0 aliphatic heterocycles. The Morgan fingerprint density at radius 2 is 1.52 bits per heavy atom. The van der Waals surface area contributed by atoms with Crippen LogP contribution in [0.2, 0.25) is 0 Å². The maximum atomic E-state index is 13.1. The van der Waals surface area contributed by atoms with Crippen LogP contribution in [0.5, 0.6) is 5.75 Å². The quantitative estimate of drug-likeness (QED) is 0.0269. The number of aliphatic carboxylic acids is 1. The topological polar surface area (TPSA) is 297 Å². The summed E-state index contributed by atoms with van der Waals surface area (Å²) in [6.45, 7) is -1.89. The van der Waals surface area contributed by atoms with Crippen molar-refractivity contribution in [3.8, 4) is 5.75 Å².